The smallest absolute Gasteiger partial charge is 0.326 e. The molecule has 1 aromatic rings. The number of amides is 1. The Morgan fingerprint density at radius 3 is 2.74 bits per heavy atom. The topological polar surface area (TPSA) is 77.8 Å². The number of carbonyl (C=O) groups is 2. The van der Waals surface area contributed by atoms with Gasteiger partial charge in [0.15, 0.2) is 0 Å². The van der Waals surface area contributed by atoms with Gasteiger partial charge in [0.1, 0.15) is 6.04 Å². The van der Waals surface area contributed by atoms with Gasteiger partial charge in [-0.15, -0.1) is 0 Å². The van der Waals surface area contributed by atoms with E-state index in [9.17, 15) is 14.7 Å². The largest absolute Gasteiger partial charge is 0.480 e. The van der Waals surface area contributed by atoms with Crippen molar-refractivity contribution in [2.24, 2.45) is 0 Å². The van der Waals surface area contributed by atoms with Gasteiger partial charge in [-0.1, -0.05) is 11.6 Å². The second kappa shape index (κ2) is 5.48. The first-order chi connectivity index (χ1) is 8.90. The second-order valence-corrected chi connectivity index (χ2v) is 5.62. The average molecular weight is 349 g/mol. The molecule has 0 spiro atoms. The number of nitrogens with zero attached hydrogens (tertiary/aromatic N) is 1. The first-order valence-electron chi connectivity index (χ1n) is 5.57. The lowest BCUT2D eigenvalue weighted by Crippen LogP contribution is -2.40. The number of benzene rings is 1. The van der Waals surface area contributed by atoms with Crippen LogP contribution in [0.1, 0.15) is 16.8 Å². The van der Waals surface area contributed by atoms with Gasteiger partial charge in [-0.2, -0.15) is 0 Å². The predicted molar refractivity (Wildman–Crippen MR) is 72.2 cm³/mol. The van der Waals surface area contributed by atoms with Crippen molar-refractivity contribution in [3.8, 4) is 0 Å². The number of aliphatic hydroxyl groups is 1. The van der Waals surface area contributed by atoms with Gasteiger partial charge in [-0.3, -0.25) is 4.79 Å². The molecule has 2 atom stereocenters. The highest BCUT2D eigenvalue weighted by Crippen LogP contribution is 2.26. The minimum Gasteiger partial charge on any atom is -0.480 e. The molecule has 1 heterocycles. The van der Waals surface area contributed by atoms with E-state index in [-0.39, 0.29) is 18.5 Å². The quantitative estimate of drug-likeness (QED) is 0.854. The van der Waals surface area contributed by atoms with Gasteiger partial charge >= 0.3 is 5.97 Å². The van der Waals surface area contributed by atoms with E-state index in [2.05, 4.69) is 15.9 Å². The molecular formula is C12H11BrClNO4. The molecule has 7 heteroatoms. The summed E-state index contributed by atoms with van der Waals surface area (Å²) in [6.07, 6.45) is -0.776. The Kier molecular flexibility index (Phi) is 4.13. The number of hydrogen-bond acceptors (Lipinski definition) is 3. The van der Waals surface area contributed by atoms with Crippen molar-refractivity contribution in [2.45, 2.75) is 18.6 Å². The van der Waals surface area contributed by atoms with Crippen molar-refractivity contribution in [2.75, 3.05) is 6.54 Å². The number of aliphatic carboxylic acids is 1. The van der Waals surface area contributed by atoms with E-state index < -0.39 is 24.0 Å². The Labute approximate surface area is 122 Å². The third-order valence-electron chi connectivity index (χ3n) is 2.98. The summed E-state index contributed by atoms with van der Waals surface area (Å²) >= 11 is 9.07. The number of β-amino-alcohol motifs (C(OH)–C–C–N with tert-alkyl or cyclic N) is 1. The zero-order chi connectivity index (χ0) is 14.2. The molecule has 0 aliphatic carbocycles. The van der Waals surface area contributed by atoms with Crippen LogP contribution in [0.2, 0.25) is 5.02 Å². The maximum absolute atomic E-state index is 12.3. The van der Waals surface area contributed by atoms with E-state index in [4.69, 9.17) is 16.7 Å². The summed E-state index contributed by atoms with van der Waals surface area (Å²) in [5.41, 5.74) is 0.285. The van der Waals surface area contributed by atoms with Crippen LogP contribution in [0.15, 0.2) is 22.7 Å². The van der Waals surface area contributed by atoms with Crippen LogP contribution in [0.4, 0.5) is 0 Å². The first-order valence-corrected chi connectivity index (χ1v) is 6.74. The molecule has 102 valence electrons. The van der Waals surface area contributed by atoms with E-state index >= 15 is 0 Å². The number of aliphatic hydroxyl groups excluding tert-OH is 1. The Morgan fingerprint density at radius 2 is 2.11 bits per heavy atom. The van der Waals surface area contributed by atoms with Crippen molar-refractivity contribution >= 4 is 39.4 Å². The van der Waals surface area contributed by atoms with E-state index in [1.54, 1.807) is 12.1 Å². The van der Waals surface area contributed by atoms with Crippen LogP contribution in [-0.2, 0) is 4.79 Å². The summed E-state index contributed by atoms with van der Waals surface area (Å²) in [5, 5.41) is 19.0. The number of likely N-dealkylation sites (tertiary alicyclic amines) is 1. The van der Waals surface area contributed by atoms with E-state index in [1.165, 1.54) is 6.07 Å². The van der Waals surface area contributed by atoms with E-state index in [0.717, 1.165) is 4.90 Å². The van der Waals surface area contributed by atoms with Crippen LogP contribution in [0, 0.1) is 0 Å². The predicted octanol–water partition coefficient (Wildman–Crippen LogP) is 1.76. The van der Waals surface area contributed by atoms with Gasteiger partial charge in [-0.25, -0.2) is 4.79 Å². The highest BCUT2D eigenvalue weighted by molar-refractivity contribution is 9.10. The van der Waals surface area contributed by atoms with E-state index in [1.807, 2.05) is 0 Å². The SMILES string of the molecule is O=C(O)[C@H]1C[C@@H](O)CN1C(=O)c1cc(Cl)ccc1Br. The standard InChI is InChI=1S/C12H11BrClNO4/c13-9-2-1-6(14)3-8(9)11(17)15-5-7(16)4-10(15)12(18)19/h1-3,7,10,16H,4-5H2,(H,18,19)/t7-,10-/m1/s1. The molecule has 2 N–H and O–H groups in total. The molecule has 1 saturated heterocycles. The molecule has 1 aromatic carbocycles. The highest BCUT2D eigenvalue weighted by Gasteiger charge is 2.39. The molecule has 1 aliphatic rings. The van der Waals surface area contributed by atoms with Crippen LogP contribution in [0.5, 0.6) is 0 Å². The molecular weight excluding hydrogens is 337 g/mol. The summed E-state index contributed by atoms with van der Waals surface area (Å²) in [6.45, 7) is 0.00868. The normalized spacial score (nSPS) is 22.6. The minimum absolute atomic E-state index is 0.00868. The van der Waals surface area contributed by atoms with Crippen molar-refractivity contribution in [1.29, 1.82) is 0 Å². The van der Waals surface area contributed by atoms with Gasteiger partial charge in [0.05, 0.1) is 11.7 Å². The molecule has 19 heavy (non-hydrogen) atoms. The number of rotatable bonds is 2. The Bertz CT molecular complexity index is 536. The third kappa shape index (κ3) is 2.91. The van der Waals surface area contributed by atoms with Crippen LogP contribution in [0.3, 0.4) is 0 Å². The van der Waals surface area contributed by atoms with Crippen molar-refractivity contribution in [1.82, 2.24) is 4.90 Å². The molecule has 5 nitrogen and oxygen atoms in total. The summed E-state index contributed by atoms with van der Waals surface area (Å²) in [7, 11) is 0. The molecule has 1 aliphatic heterocycles. The number of carboxylic acid groups (broad SMARTS) is 1. The molecule has 0 bridgehead atoms. The van der Waals surface area contributed by atoms with Crippen LogP contribution in [-0.4, -0.2) is 45.7 Å². The lowest BCUT2D eigenvalue weighted by atomic mass is 10.1. The van der Waals surface area contributed by atoms with Crippen LogP contribution < -0.4 is 0 Å². The fourth-order valence-electron chi connectivity index (χ4n) is 2.09. The molecule has 1 amide bonds. The van der Waals surface area contributed by atoms with Crippen molar-refractivity contribution in [3.05, 3.63) is 33.3 Å². The summed E-state index contributed by atoms with van der Waals surface area (Å²) in [4.78, 5) is 24.6. The minimum atomic E-state index is -1.12. The average Bonchev–Trinajstić information content (AvgIpc) is 2.74. The molecule has 2 rings (SSSR count). The molecule has 1 fully saturated rings. The summed E-state index contributed by atoms with van der Waals surface area (Å²) in [5.74, 6) is -1.58. The van der Waals surface area contributed by atoms with E-state index in [0.29, 0.717) is 9.50 Å². The van der Waals surface area contributed by atoms with Crippen molar-refractivity contribution < 1.29 is 19.8 Å². The zero-order valence-electron chi connectivity index (χ0n) is 9.72. The van der Waals surface area contributed by atoms with Gasteiger partial charge in [0, 0.05) is 22.5 Å². The van der Waals surface area contributed by atoms with Gasteiger partial charge in [0.2, 0.25) is 0 Å². The zero-order valence-corrected chi connectivity index (χ0v) is 12.1. The second-order valence-electron chi connectivity index (χ2n) is 4.33. The Morgan fingerprint density at radius 1 is 1.42 bits per heavy atom. The third-order valence-corrected chi connectivity index (χ3v) is 3.91. The lowest BCUT2D eigenvalue weighted by molar-refractivity contribution is -0.141. The summed E-state index contributed by atoms with van der Waals surface area (Å²) in [6, 6.07) is 3.71. The van der Waals surface area contributed by atoms with Crippen molar-refractivity contribution in [3.63, 3.8) is 0 Å². The lowest BCUT2D eigenvalue weighted by Gasteiger charge is -2.21. The Hall–Kier alpha value is -1.11. The number of halogens is 2. The number of carboxylic acids is 1. The molecule has 0 saturated carbocycles. The van der Waals surface area contributed by atoms with Gasteiger partial charge in [0.25, 0.3) is 5.91 Å². The number of carbonyl (C=O) groups excluding carboxylic acids is 1. The Balaban J connectivity index is 2.33. The molecule has 0 unspecified atom stereocenters. The highest BCUT2D eigenvalue weighted by atomic mass is 79.9. The number of hydrogen-bond donors (Lipinski definition) is 2. The molecule has 0 aromatic heterocycles. The maximum Gasteiger partial charge on any atom is 0.326 e. The fraction of sp³-hybridized carbons (Fsp3) is 0.333. The van der Waals surface area contributed by atoms with Gasteiger partial charge < -0.3 is 15.1 Å². The molecule has 0 radical (unpaired) electrons. The van der Waals surface area contributed by atoms with Gasteiger partial charge in [-0.05, 0) is 34.1 Å². The van der Waals surface area contributed by atoms with Crippen LogP contribution >= 0.6 is 27.5 Å². The fourth-order valence-corrected chi connectivity index (χ4v) is 2.68. The van der Waals surface area contributed by atoms with Crippen LogP contribution in [0.25, 0.3) is 0 Å². The maximum atomic E-state index is 12.3. The first kappa shape index (κ1) is 14.3. The summed E-state index contributed by atoms with van der Waals surface area (Å²) < 4.78 is 0.535. The monoisotopic (exact) mass is 347 g/mol.